The van der Waals surface area contributed by atoms with Crippen LogP contribution in [-0.4, -0.2) is 25.2 Å². The molecule has 0 spiro atoms. The van der Waals surface area contributed by atoms with Gasteiger partial charge in [0.05, 0.1) is 0 Å². The van der Waals surface area contributed by atoms with Gasteiger partial charge in [0.15, 0.2) is 5.92 Å². The summed E-state index contributed by atoms with van der Waals surface area (Å²) in [6.45, 7) is 9.70. The van der Waals surface area contributed by atoms with Crippen molar-refractivity contribution in [2.45, 2.75) is 58.3 Å². The molecular formula is C22H34O4. The number of hydrogen-bond donors (Lipinski definition) is 0. The van der Waals surface area contributed by atoms with Gasteiger partial charge in [-0.05, 0) is 19.3 Å². The summed E-state index contributed by atoms with van der Waals surface area (Å²) >= 11 is 0. The lowest BCUT2D eigenvalue weighted by Gasteiger charge is -2.14. The van der Waals surface area contributed by atoms with E-state index in [0.29, 0.717) is 6.42 Å². The lowest BCUT2D eigenvalue weighted by Crippen LogP contribution is -2.28. The van der Waals surface area contributed by atoms with Crippen molar-refractivity contribution in [2.24, 2.45) is 5.92 Å². The first kappa shape index (κ1) is 23.9. The van der Waals surface area contributed by atoms with Gasteiger partial charge in [-0.15, -0.1) is 13.2 Å². The minimum atomic E-state index is -0.850. The number of hydrogen-bond acceptors (Lipinski definition) is 4. The van der Waals surface area contributed by atoms with Crippen molar-refractivity contribution in [1.82, 2.24) is 0 Å². The molecule has 0 saturated heterocycles. The third-order valence-electron chi connectivity index (χ3n) is 3.75. The van der Waals surface area contributed by atoms with Gasteiger partial charge >= 0.3 is 11.9 Å². The Hall–Kier alpha value is -2.10. The summed E-state index contributed by atoms with van der Waals surface area (Å²) in [5.41, 5.74) is 0. The second-order valence-electron chi connectivity index (χ2n) is 6.01. The van der Waals surface area contributed by atoms with Crippen LogP contribution in [-0.2, 0) is 19.1 Å². The second kappa shape index (κ2) is 17.7. The molecule has 0 unspecified atom stereocenters. The molecule has 4 heteroatoms. The molecule has 0 bridgehead atoms. The van der Waals surface area contributed by atoms with Gasteiger partial charge in [0.2, 0.25) is 0 Å². The summed E-state index contributed by atoms with van der Waals surface area (Å²) in [5.74, 6) is -1.87. The Balaban J connectivity index is 4.49. The molecule has 0 aliphatic rings. The minimum absolute atomic E-state index is 0.158. The maximum absolute atomic E-state index is 12.3. The number of rotatable bonds is 16. The number of unbranched alkanes of at least 4 members (excludes halogenated alkanes) is 4. The summed E-state index contributed by atoms with van der Waals surface area (Å²) in [6, 6.07) is 0. The topological polar surface area (TPSA) is 52.6 Å². The van der Waals surface area contributed by atoms with E-state index in [4.69, 9.17) is 9.47 Å². The van der Waals surface area contributed by atoms with E-state index in [-0.39, 0.29) is 13.2 Å². The highest BCUT2D eigenvalue weighted by atomic mass is 16.6. The molecule has 146 valence electrons. The van der Waals surface area contributed by atoms with Gasteiger partial charge in [-0.1, -0.05) is 75.5 Å². The monoisotopic (exact) mass is 362 g/mol. The van der Waals surface area contributed by atoms with E-state index in [9.17, 15) is 9.59 Å². The molecule has 4 nitrogen and oxygen atoms in total. The van der Waals surface area contributed by atoms with Crippen molar-refractivity contribution in [3.8, 4) is 0 Å². The Kier molecular flexibility index (Phi) is 16.3. The maximum Gasteiger partial charge on any atom is 0.320 e. The Morgan fingerprint density at radius 2 is 1.31 bits per heavy atom. The van der Waals surface area contributed by atoms with Crippen LogP contribution in [0.25, 0.3) is 0 Å². The van der Waals surface area contributed by atoms with Gasteiger partial charge < -0.3 is 9.47 Å². The molecule has 0 amide bonds. The SMILES string of the molecule is C=CC/C=C/COC(=O)C(CCCCCCC)C(=O)OC/C=C/CC=C. The third-order valence-corrected chi connectivity index (χ3v) is 3.75. The molecule has 0 aromatic carbocycles. The van der Waals surface area contributed by atoms with Crippen LogP contribution < -0.4 is 0 Å². The van der Waals surface area contributed by atoms with Crippen LogP contribution in [0, 0.1) is 5.92 Å². The number of esters is 2. The standard InChI is InChI=1S/C22H34O4/c1-4-7-10-13-14-17-20(21(23)25-18-15-11-8-5-2)22(24)26-19-16-12-9-6-3/h5-6,11-12,15-16,20H,2-4,7-10,13-14,17-19H2,1H3/b15-11+,16-12+. The third kappa shape index (κ3) is 13.2. The van der Waals surface area contributed by atoms with E-state index >= 15 is 0 Å². The predicted octanol–water partition coefficient (Wildman–Crippen LogP) is 5.31. The van der Waals surface area contributed by atoms with Crippen molar-refractivity contribution in [2.75, 3.05) is 13.2 Å². The van der Waals surface area contributed by atoms with Crippen molar-refractivity contribution in [1.29, 1.82) is 0 Å². The normalized spacial score (nSPS) is 11.2. The number of ether oxygens (including phenoxy) is 2. The van der Waals surface area contributed by atoms with Crippen LogP contribution in [0.4, 0.5) is 0 Å². The van der Waals surface area contributed by atoms with E-state index in [0.717, 1.165) is 38.5 Å². The molecule has 26 heavy (non-hydrogen) atoms. The maximum atomic E-state index is 12.3. The smallest absolute Gasteiger partial charge is 0.320 e. The summed E-state index contributed by atoms with van der Waals surface area (Å²) < 4.78 is 10.4. The molecule has 0 heterocycles. The van der Waals surface area contributed by atoms with Crippen LogP contribution in [0.3, 0.4) is 0 Å². The predicted molar refractivity (Wildman–Crippen MR) is 107 cm³/mol. The summed E-state index contributed by atoms with van der Waals surface area (Å²) in [7, 11) is 0. The summed E-state index contributed by atoms with van der Waals surface area (Å²) in [4.78, 5) is 24.5. The fourth-order valence-corrected chi connectivity index (χ4v) is 2.27. The van der Waals surface area contributed by atoms with Crippen molar-refractivity contribution >= 4 is 11.9 Å². The van der Waals surface area contributed by atoms with Crippen LogP contribution in [0.5, 0.6) is 0 Å². The Labute approximate surface area is 158 Å². The van der Waals surface area contributed by atoms with Gasteiger partial charge in [-0.2, -0.15) is 0 Å². The average Bonchev–Trinajstić information content (AvgIpc) is 2.64. The van der Waals surface area contributed by atoms with Crippen LogP contribution in [0.1, 0.15) is 58.3 Å². The zero-order valence-electron chi connectivity index (χ0n) is 16.2. The van der Waals surface area contributed by atoms with E-state index < -0.39 is 17.9 Å². The van der Waals surface area contributed by atoms with E-state index in [1.54, 1.807) is 24.3 Å². The fraction of sp³-hybridized carbons (Fsp3) is 0.545. The molecule has 0 fully saturated rings. The molecule has 0 rings (SSSR count). The zero-order valence-corrected chi connectivity index (χ0v) is 16.2. The Bertz CT molecular complexity index is 427. The van der Waals surface area contributed by atoms with Gasteiger partial charge in [0, 0.05) is 0 Å². The lowest BCUT2D eigenvalue weighted by atomic mass is 10.0. The van der Waals surface area contributed by atoms with E-state index in [2.05, 4.69) is 20.1 Å². The molecule has 0 aromatic heterocycles. The number of carbonyl (C=O) groups excluding carboxylic acids is 2. The average molecular weight is 363 g/mol. The Morgan fingerprint density at radius 1 is 0.808 bits per heavy atom. The number of carbonyl (C=O) groups is 2. The molecule has 0 atom stereocenters. The fourth-order valence-electron chi connectivity index (χ4n) is 2.27. The van der Waals surface area contributed by atoms with Crippen molar-refractivity contribution in [3.63, 3.8) is 0 Å². The molecule has 0 aliphatic heterocycles. The first-order valence-electron chi connectivity index (χ1n) is 9.52. The quantitative estimate of drug-likeness (QED) is 0.161. The first-order valence-corrected chi connectivity index (χ1v) is 9.52. The highest BCUT2D eigenvalue weighted by Crippen LogP contribution is 2.15. The first-order chi connectivity index (χ1) is 12.7. The lowest BCUT2D eigenvalue weighted by molar-refractivity contribution is -0.161. The van der Waals surface area contributed by atoms with Crippen LogP contribution >= 0.6 is 0 Å². The van der Waals surface area contributed by atoms with Crippen molar-refractivity contribution in [3.05, 3.63) is 49.6 Å². The van der Waals surface area contributed by atoms with E-state index in [1.807, 2.05) is 12.2 Å². The highest BCUT2D eigenvalue weighted by molar-refractivity contribution is 5.94. The molecule has 0 N–H and O–H groups in total. The van der Waals surface area contributed by atoms with Crippen LogP contribution in [0.15, 0.2) is 49.6 Å². The molecule has 0 saturated carbocycles. The largest absolute Gasteiger partial charge is 0.461 e. The summed E-state index contributed by atoms with van der Waals surface area (Å²) in [5, 5.41) is 0. The van der Waals surface area contributed by atoms with Gasteiger partial charge in [0.1, 0.15) is 13.2 Å². The van der Waals surface area contributed by atoms with Crippen molar-refractivity contribution < 1.29 is 19.1 Å². The van der Waals surface area contributed by atoms with Crippen LogP contribution in [0.2, 0.25) is 0 Å². The van der Waals surface area contributed by atoms with E-state index in [1.165, 1.54) is 6.42 Å². The number of allylic oxidation sites excluding steroid dienone is 4. The van der Waals surface area contributed by atoms with Gasteiger partial charge in [-0.25, -0.2) is 0 Å². The molecular weight excluding hydrogens is 328 g/mol. The van der Waals surface area contributed by atoms with Gasteiger partial charge in [-0.3, -0.25) is 9.59 Å². The highest BCUT2D eigenvalue weighted by Gasteiger charge is 2.28. The van der Waals surface area contributed by atoms with Gasteiger partial charge in [0.25, 0.3) is 0 Å². The minimum Gasteiger partial charge on any atom is -0.461 e. The zero-order chi connectivity index (χ0) is 19.5. The second-order valence-corrected chi connectivity index (χ2v) is 6.01. The Morgan fingerprint density at radius 3 is 1.77 bits per heavy atom. The molecule has 0 aromatic rings. The summed E-state index contributed by atoms with van der Waals surface area (Å²) in [6.07, 6.45) is 17.9. The molecule has 0 radical (unpaired) electrons. The molecule has 0 aliphatic carbocycles.